The highest BCUT2D eigenvalue weighted by atomic mass is 79.9. The number of rotatable bonds is 0. The Balaban J connectivity index is 2.71. The molecule has 1 heterocycles. The summed E-state index contributed by atoms with van der Waals surface area (Å²) in [7, 11) is -3.14. The molecule has 5 heteroatoms. The van der Waals surface area contributed by atoms with Gasteiger partial charge in [-0.3, -0.25) is 4.18 Å². The highest BCUT2D eigenvalue weighted by molar-refractivity contribution is 9.09. The summed E-state index contributed by atoms with van der Waals surface area (Å²) in [5.41, 5.74) is 0. The molecule has 0 aliphatic carbocycles. The van der Waals surface area contributed by atoms with Crippen molar-refractivity contribution >= 4 is 26.0 Å². The van der Waals surface area contributed by atoms with E-state index in [-0.39, 0.29) is 17.2 Å². The Morgan fingerprint density at radius 1 is 1.62 bits per heavy atom. The Morgan fingerprint density at radius 2 is 2.25 bits per heavy atom. The second-order valence-corrected chi connectivity index (χ2v) is 4.59. The molecule has 0 radical (unpaired) electrons. The Morgan fingerprint density at radius 3 is 2.38 bits per heavy atom. The summed E-state index contributed by atoms with van der Waals surface area (Å²) < 4.78 is 25.2. The lowest BCUT2D eigenvalue weighted by Gasteiger charge is -1.84. The van der Waals surface area contributed by atoms with Gasteiger partial charge in [0, 0.05) is 0 Å². The van der Waals surface area contributed by atoms with E-state index in [0.29, 0.717) is 0 Å². The molecule has 0 aromatic carbocycles. The molecule has 0 aromatic heterocycles. The Hall–Kier alpha value is 0.390. The van der Waals surface area contributed by atoms with E-state index in [0.717, 1.165) is 0 Å². The first kappa shape index (κ1) is 6.51. The average molecular weight is 201 g/mol. The molecule has 48 valence electrons. The van der Waals surface area contributed by atoms with Crippen LogP contribution in [0.4, 0.5) is 0 Å². The second kappa shape index (κ2) is 1.97. The van der Waals surface area contributed by atoms with Crippen LogP contribution in [0.1, 0.15) is 0 Å². The molecule has 1 fully saturated rings. The van der Waals surface area contributed by atoms with Crippen LogP contribution in [-0.2, 0) is 14.3 Å². The van der Waals surface area contributed by atoms with Crippen molar-refractivity contribution in [3.05, 3.63) is 0 Å². The Kier molecular flexibility index (Phi) is 1.60. The number of hydrogen-bond donors (Lipinski definition) is 0. The first-order chi connectivity index (χ1) is 3.60. The minimum absolute atomic E-state index is 0.00694. The van der Waals surface area contributed by atoms with Crippen LogP contribution in [0.5, 0.6) is 0 Å². The van der Waals surface area contributed by atoms with Crippen molar-refractivity contribution in [1.29, 1.82) is 0 Å². The first-order valence-corrected chi connectivity index (χ1v) is 4.61. The molecule has 0 amide bonds. The monoisotopic (exact) mass is 200 g/mol. The van der Waals surface area contributed by atoms with Gasteiger partial charge in [-0.2, -0.15) is 8.42 Å². The summed E-state index contributed by atoms with van der Waals surface area (Å²) in [4.78, 5) is -0.00694. The molecule has 1 rings (SSSR count). The molecule has 1 atom stereocenters. The van der Waals surface area contributed by atoms with Gasteiger partial charge >= 0.3 is 0 Å². The van der Waals surface area contributed by atoms with Crippen molar-refractivity contribution in [3.8, 4) is 0 Å². The quantitative estimate of drug-likeness (QED) is 0.412. The Bertz CT molecular complexity index is 173. The van der Waals surface area contributed by atoms with Crippen LogP contribution in [-0.4, -0.2) is 25.6 Å². The molecule has 0 aromatic rings. The van der Waals surface area contributed by atoms with E-state index in [4.69, 9.17) is 0 Å². The second-order valence-electron chi connectivity index (χ2n) is 1.61. The normalized spacial score (nSPS) is 35.4. The molecule has 8 heavy (non-hydrogen) atoms. The minimum Gasteiger partial charge on any atom is -0.269 e. The van der Waals surface area contributed by atoms with E-state index in [1.807, 2.05) is 0 Å². The maximum Gasteiger partial charge on any atom is 0.268 e. The van der Waals surface area contributed by atoms with Gasteiger partial charge in [0.25, 0.3) is 10.1 Å². The summed E-state index contributed by atoms with van der Waals surface area (Å²) >= 11 is 3.11. The van der Waals surface area contributed by atoms with Crippen LogP contribution in [0, 0.1) is 0 Å². The molecule has 1 aliphatic heterocycles. The fourth-order valence-corrected chi connectivity index (χ4v) is 2.78. The van der Waals surface area contributed by atoms with Gasteiger partial charge in [-0.25, -0.2) is 0 Å². The fraction of sp³-hybridized carbons (Fsp3) is 1.00. The summed E-state index contributed by atoms with van der Waals surface area (Å²) in [6.07, 6.45) is 0. The molecular weight excluding hydrogens is 196 g/mol. The standard InChI is InChI=1S/C3H5BrO3S/c4-3-1-7-8(5,6)2-3/h3H,1-2H2. The van der Waals surface area contributed by atoms with Crippen LogP contribution in [0.3, 0.4) is 0 Å². The molecule has 0 bridgehead atoms. The lowest BCUT2D eigenvalue weighted by Crippen LogP contribution is -2.02. The third-order valence-electron chi connectivity index (χ3n) is 0.813. The van der Waals surface area contributed by atoms with Crippen LogP contribution in [0.2, 0.25) is 0 Å². The van der Waals surface area contributed by atoms with Crippen molar-refractivity contribution < 1.29 is 12.6 Å². The maximum absolute atomic E-state index is 10.4. The van der Waals surface area contributed by atoms with Crippen LogP contribution in [0.15, 0.2) is 0 Å². The average Bonchev–Trinajstić information content (AvgIpc) is 1.82. The molecular formula is C3H5BrO3S. The highest BCUT2D eigenvalue weighted by Crippen LogP contribution is 2.14. The van der Waals surface area contributed by atoms with Gasteiger partial charge in [0.1, 0.15) is 0 Å². The predicted molar refractivity (Wildman–Crippen MR) is 32.5 cm³/mol. The predicted octanol–water partition coefficient (Wildman–Crippen LogP) is 0.110. The smallest absolute Gasteiger partial charge is 0.268 e. The molecule has 1 saturated heterocycles. The summed E-state index contributed by atoms with van der Waals surface area (Å²) in [5, 5.41) is 0. The number of hydrogen-bond acceptors (Lipinski definition) is 3. The van der Waals surface area contributed by atoms with E-state index in [1.165, 1.54) is 0 Å². The van der Waals surface area contributed by atoms with Crippen LogP contribution < -0.4 is 0 Å². The lowest BCUT2D eigenvalue weighted by atomic mass is 10.5. The van der Waals surface area contributed by atoms with Crippen molar-refractivity contribution in [2.24, 2.45) is 0 Å². The van der Waals surface area contributed by atoms with E-state index < -0.39 is 10.1 Å². The van der Waals surface area contributed by atoms with E-state index in [1.54, 1.807) is 0 Å². The number of halogens is 1. The molecule has 0 spiro atoms. The van der Waals surface area contributed by atoms with Gasteiger partial charge in [-0.1, -0.05) is 15.9 Å². The first-order valence-electron chi connectivity index (χ1n) is 2.11. The van der Waals surface area contributed by atoms with E-state index in [9.17, 15) is 8.42 Å². The summed E-state index contributed by atoms with van der Waals surface area (Å²) in [6, 6.07) is 0. The molecule has 0 N–H and O–H groups in total. The largest absolute Gasteiger partial charge is 0.269 e. The molecule has 3 nitrogen and oxygen atoms in total. The topological polar surface area (TPSA) is 43.4 Å². The van der Waals surface area contributed by atoms with E-state index in [2.05, 4.69) is 20.1 Å². The fourth-order valence-electron chi connectivity index (χ4n) is 0.495. The van der Waals surface area contributed by atoms with Gasteiger partial charge in [0.15, 0.2) is 0 Å². The van der Waals surface area contributed by atoms with E-state index >= 15 is 0 Å². The zero-order valence-electron chi connectivity index (χ0n) is 4.00. The summed E-state index contributed by atoms with van der Waals surface area (Å²) in [5.74, 6) is 0.104. The van der Waals surface area contributed by atoms with Gasteiger partial charge in [0.05, 0.1) is 17.2 Å². The highest BCUT2D eigenvalue weighted by Gasteiger charge is 2.26. The maximum atomic E-state index is 10.4. The van der Waals surface area contributed by atoms with Crippen molar-refractivity contribution in [2.75, 3.05) is 12.4 Å². The Labute approximate surface area is 56.3 Å². The lowest BCUT2D eigenvalue weighted by molar-refractivity contribution is 0.358. The van der Waals surface area contributed by atoms with Crippen LogP contribution >= 0.6 is 15.9 Å². The minimum atomic E-state index is -3.14. The van der Waals surface area contributed by atoms with Gasteiger partial charge in [0.2, 0.25) is 0 Å². The van der Waals surface area contributed by atoms with Crippen LogP contribution in [0.25, 0.3) is 0 Å². The number of alkyl halides is 1. The zero-order chi connectivity index (χ0) is 6.20. The third kappa shape index (κ3) is 1.43. The molecule has 0 saturated carbocycles. The third-order valence-corrected chi connectivity index (χ3v) is 3.14. The summed E-state index contributed by atoms with van der Waals surface area (Å²) in [6.45, 7) is 0.280. The van der Waals surface area contributed by atoms with Crippen molar-refractivity contribution in [1.82, 2.24) is 0 Å². The van der Waals surface area contributed by atoms with Crippen molar-refractivity contribution in [3.63, 3.8) is 0 Å². The van der Waals surface area contributed by atoms with Crippen molar-refractivity contribution in [2.45, 2.75) is 4.83 Å². The van der Waals surface area contributed by atoms with Gasteiger partial charge in [-0.05, 0) is 0 Å². The molecule has 1 unspecified atom stereocenters. The van der Waals surface area contributed by atoms with Gasteiger partial charge in [-0.15, -0.1) is 0 Å². The zero-order valence-corrected chi connectivity index (χ0v) is 6.41. The van der Waals surface area contributed by atoms with Gasteiger partial charge < -0.3 is 0 Å². The molecule has 1 aliphatic rings. The SMILES string of the molecule is O=S1(=O)CC(Br)CO1.